The van der Waals surface area contributed by atoms with Gasteiger partial charge in [0.2, 0.25) is 0 Å². The summed E-state index contributed by atoms with van der Waals surface area (Å²) in [6.45, 7) is 7.00. The molecule has 2 aromatic heterocycles. The molecule has 0 atom stereocenters. The number of anilines is 3. The van der Waals surface area contributed by atoms with Gasteiger partial charge in [-0.25, -0.2) is 13.1 Å². The van der Waals surface area contributed by atoms with Crippen LogP contribution in [0.3, 0.4) is 0 Å². The first-order valence-electron chi connectivity index (χ1n) is 11.5. The van der Waals surface area contributed by atoms with E-state index in [4.69, 9.17) is 9.47 Å². The number of aromatic nitrogens is 4. The average Bonchev–Trinajstić information content (AvgIpc) is 3.04. The Hall–Kier alpha value is -4.12. The van der Waals surface area contributed by atoms with Crippen LogP contribution in [0, 0.1) is 20.8 Å². The van der Waals surface area contributed by atoms with E-state index in [2.05, 4.69) is 25.3 Å². The summed E-state index contributed by atoms with van der Waals surface area (Å²) in [5, 5.41) is 16.2. The zero-order chi connectivity index (χ0) is 25.3. The number of fused-ring (bicyclic) bond motifs is 1. The molecular formula is C25H26N6O4S. The van der Waals surface area contributed by atoms with Gasteiger partial charge in [0.1, 0.15) is 0 Å². The highest BCUT2D eigenvalue weighted by Gasteiger charge is 2.19. The summed E-state index contributed by atoms with van der Waals surface area (Å²) >= 11 is 0. The van der Waals surface area contributed by atoms with Gasteiger partial charge in [0.25, 0.3) is 10.0 Å². The molecule has 0 bridgehead atoms. The third kappa shape index (κ3) is 4.82. The molecule has 10 nitrogen and oxygen atoms in total. The second-order valence-corrected chi connectivity index (χ2v) is 10.1. The van der Waals surface area contributed by atoms with Gasteiger partial charge in [0, 0.05) is 29.6 Å². The molecule has 5 rings (SSSR count). The van der Waals surface area contributed by atoms with Crippen LogP contribution in [-0.4, -0.2) is 41.6 Å². The second-order valence-electron chi connectivity index (χ2n) is 8.45. The van der Waals surface area contributed by atoms with Crippen molar-refractivity contribution in [2.24, 2.45) is 0 Å². The third-order valence-electron chi connectivity index (χ3n) is 5.96. The molecule has 0 amide bonds. The van der Waals surface area contributed by atoms with E-state index in [1.807, 2.05) is 32.9 Å². The van der Waals surface area contributed by atoms with Crippen molar-refractivity contribution in [2.75, 3.05) is 23.3 Å². The summed E-state index contributed by atoms with van der Waals surface area (Å²) in [5.41, 5.74) is 4.26. The largest absolute Gasteiger partial charge is 0.490 e. The predicted molar refractivity (Wildman–Crippen MR) is 136 cm³/mol. The monoisotopic (exact) mass is 506 g/mol. The topological polar surface area (TPSA) is 120 Å². The fourth-order valence-corrected chi connectivity index (χ4v) is 4.82. The van der Waals surface area contributed by atoms with E-state index in [-0.39, 0.29) is 4.90 Å². The van der Waals surface area contributed by atoms with Gasteiger partial charge in [-0.2, -0.15) is 5.10 Å². The van der Waals surface area contributed by atoms with E-state index < -0.39 is 10.0 Å². The molecule has 0 fully saturated rings. The molecule has 0 saturated heterocycles. The second kappa shape index (κ2) is 9.50. The van der Waals surface area contributed by atoms with Crippen LogP contribution < -0.4 is 19.5 Å². The van der Waals surface area contributed by atoms with Crippen molar-refractivity contribution in [1.29, 1.82) is 0 Å². The standard InChI is InChI=1S/C25H26N6O4S/c1-16-17(2)29-31(18(16)3)25-12-11-24(27-28-25)26-19-5-7-20(8-6-19)30-36(32,33)21-9-10-22-23(15-21)35-14-4-13-34-22/h5-12,15,30H,4,13-14H2,1-3H3,(H,26,27). The number of ether oxygens (including phenoxy) is 2. The van der Waals surface area contributed by atoms with E-state index in [0.717, 1.165) is 29.1 Å². The van der Waals surface area contributed by atoms with Gasteiger partial charge >= 0.3 is 0 Å². The Labute approximate surface area is 209 Å². The van der Waals surface area contributed by atoms with Crippen LogP contribution in [0.1, 0.15) is 23.4 Å². The maximum absolute atomic E-state index is 12.9. The quantitative estimate of drug-likeness (QED) is 0.397. The van der Waals surface area contributed by atoms with Crippen molar-refractivity contribution in [1.82, 2.24) is 20.0 Å². The van der Waals surface area contributed by atoms with Crippen LogP contribution in [0.15, 0.2) is 59.5 Å². The van der Waals surface area contributed by atoms with Crippen LogP contribution in [-0.2, 0) is 10.0 Å². The summed E-state index contributed by atoms with van der Waals surface area (Å²) in [4.78, 5) is 0.0992. The van der Waals surface area contributed by atoms with E-state index in [1.165, 1.54) is 12.1 Å². The number of hydrogen-bond donors (Lipinski definition) is 2. The number of hydrogen-bond acceptors (Lipinski definition) is 8. The Morgan fingerprint density at radius 2 is 1.58 bits per heavy atom. The highest BCUT2D eigenvalue weighted by molar-refractivity contribution is 7.92. The minimum absolute atomic E-state index is 0.0992. The lowest BCUT2D eigenvalue weighted by Crippen LogP contribution is -2.13. The molecule has 0 unspecified atom stereocenters. The highest BCUT2D eigenvalue weighted by atomic mass is 32.2. The smallest absolute Gasteiger partial charge is 0.262 e. The molecule has 0 saturated carbocycles. The molecular weight excluding hydrogens is 480 g/mol. The summed E-state index contributed by atoms with van der Waals surface area (Å²) in [7, 11) is -3.80. The molecule has 0 aliphatic carbocycles. The maximum atomic E-state index is 12.9. The molecule has 1 aliphatic rings. The molecule has 11 heteroatoms. The van der Waals surface area contributed by atoms with Gasteiger partial charge in [-0.1, -0.05) is 0 Å². The van der Waals surface area contributed by atoms with Crippen molar-refractivity contribution < 1.29 is 17.9 Å². The minimum atomic E-state index is -3.80. The summed E-state index contributed by atoms with van der Waals surface area (Å²) in [6, 6.07) is 15.1. The van der Waals surface area contributed by atoms with Crippen LogP contribution in [0.4, 0.5) is 17.2 Å². The van der Waals surface area contributed by atoms with Crippen molar-refractivity contribution in [3.8, 4) is 17.3 Å². The lowest BCUT2D eigenvalue weighted by atomic mass is 10.2. The van der Waals surface area contributed by atoms with E-state index in [9.17, 15) is 8.42 Å². The molecule has 3 heterocycles. The molecule has 1 aliphatic heterocycles. The fourth-order valence-electron chi connectivity index (χ4n) is 3.74. The average molecular weight is 507 g/mol. The zero-order valence-corrected chi connectivity index (χ0v) is 21.0. The number of benzene rings is 2. The van der Waals surface area contributed by atoms with Crippen molar-refractivity contribution in [3.05, 3.63) is 71.5 Å². The van der Waals surface area contributed by atoms with E-state index >= 15 is 0 Å². The Balaban J connectivity index is 1.26. The number of rotatable bonds is 6. The SMILES string of the molecule is Cc1nn(-c2ccc(Nc3ccc(NS(=O)(=O)c4ccc5c(c4)OCCCO5)cc3)nn2)c(C)c1C. The van der Waals surface area contributed by atoms with Crippen molar-refractivity contribution in [2.45, 2.75) is 32.1 Å². The molecule has 186 valence electrons. The Morgan fingerprint density at radius 3 is 2.25 bits per heavy atom. The van der Waals surface area contributed by atoms with Crippen LogP contribution >= 0.6 is 0 Å². The lowest BCUT2D eigenvalue weighted by Gasteiger charge is -2.12. The zero-order valence-electron chi connectivity index (χ0n) is 20.1. The molecule has 4 aromatic rings. The van der Waals surface area contributed by atoms with Gasteiger partial charge in [-0.3, -0.25) is 4.72 Å². The number of nitrogens with zero attached hydrogens (tertiary/aromatic N) is 4. The van der Waals surface area contributed by atoms with Gasteiger partial charge in [-0.05, 0) is 74.9 Å². The molecule has 0 spiro atoms. The summed E-state index contributed by atoms with van der Waals surface area (Å²) < 4.78 is 41.3. The predicted octanol–water partition coefficient (Wildman–Crippen LogP) is 4.29. The highest BCUT2D eigenvalue weighted by Crippen LogP contribution is 2.32. The van der Waals surface area contributed by atoms with Crippen molar-refractivity contribution in [3.63, 3.8) is 0 Å². The Bertz CT molecular complexity index is 1500. The lowest BCUT2D eigenvalue weighted by molar-refractivity contribution is 0.297. The van der Waals surface area contributed by atoms with Gasteiger partial charge in [-0.15, -0.1) is 10.2 Å². The fraction of sp³-hybridized carbons (Fsp3) is 0.240. The molecule has 36 heavy (non-hydrogen) atoms. The number of sulfonamides is 1. The summed E-state index contributed by atoms with van der Waals surface area (Å²) in [5.74, 6) is 2.16. The number of aryl methyl sites for hydroxylation is 1. The van der Waals surface area contributed by atoms with Gasteiger partial charge < -0.3 is 14.8 Å². The van der Waals surface area contributed by atoms with Gasteiger partial charge in [0.15, 0.2) is 23.1 Å². The number of nitrogens with one attached hydrogen (secondary N) is 2. The van der Waals surface area contributed by atoms with Crippen LogP contribution in [0.2, 0.25) is 0 Å². The van der Waals surface area contributed by atoms with Crippen molar-refractivity contribution >= 4 is 27.2 Å². The van der Waals surface area contributed by atoms with Crippen LogP contribution in [0.25, 0.3) is 5.82 Å². The summed E-state index contributed by atoms with van der Waals surface area (Å²) in [6.07, 6.45) is 0.745. The minimum Gasteiger partial charge on any atom is -0.490 e. The first-order chi connectivity index (χ1) is 17.3. The van der Waals surface area contributed by atoms with E-state index in [0.29, 0.717) is 42.0 Å². The first-order valence-corrected chi connectivity index (χ1v) is 12.9. The third-order valence-corrected chi connectivity index (χ3v) is 7.34. The molecule has 2 N–H and O–H groups in total. The molecule has 2 aromatic carbocycles. The maximum Gasteiger partial charge on any atom is 0.262 e. The molecule has 0 radical (unpaired) electrons. The normalized spacial score (nSPS) is 13.2. The van der Waals surface area contributed by atoms with Crippen LogP contribution in [0.5, 0.6) is 11.5 Å². The Morgan fingerprint density at radius 1 is 0.861 bits per heavy atom. The Kier molecular flexibility index (Phi) is 6.23. The van der Waals surface area contributed by atoms with Gasteiger partial charge in [0.05, 0.1) is 23.8 Å². The first kappa shape index (κ1) is 23.6. The van der Waals surface area contributed by atoms with E-state index in [1.54, 1.807) is 35.0 Å².